The van der Waals surface area contributed by atoms with Crippen LogP contribution in [-0.2, 0) is 11.2 Å². The molecule has 2 aliphatic heterocycles. The number of hydrogen-bond acceptors (Lipinski definition) is 6. The largest absolute Gasteiger partial charge is 0.346 e. The molecule has 0 aliphatic carbocycles. The molecule has 2 fully saturated rings. The number of likely N-dealkylation sites (tertiary alicyclic amines) is 1. The summed E-state index contributed by atoms with van der Waals surface area (Å²) >= 11 is 1.42. The van der Waals surface area contributed by atoms with Gasteiger partial charge in [-0.15, -0.1) is 5.10 Å². The zero-order chi connectivity index (χ0) is 22.1. The summed E-state index contributed by atoms with van der Waals surface area (Å²) in [6.45, 7) is 5.05. The summed E-state index contributed by atoms with van der Waals surface area (Å²) in [4.78, 5) is 34.8. The highest BCUT2D eigenvalue weighted by Gasteiger charge is 2.32. The molecule has 2 aliphatic rings. The van der Waals surface area contributed by atoms with Crippen molar-refractivity contribution in [3.05, 3.63) is 58.0 Å². The number of hydrogen-bond donors (Lipinski definition) is 0. The minimum atomic E-state index is -0.155. The van der Waals surface area contributed by atoms with Crippen LogP contribution in [0.1, 0.15) is 36.9 Å². The van der Waals surface area contributed by atoms with Crippen LogP contribution in [0.2, 0.25) is 0 Å². The third-order valence-corrected chi connectivity index (χ3v) is 7.67. The van der Waals surface area contributed by atoms with E-state index in [-0.39, 0.29) is 17.4 Å². The Bertz CT molecular complexity index is 1150. The minimum absolute atomic E-state index is 0.00662. The molecule has 0 saturated carbocycles. The number of benzene rings is 1. The summed E-state index contributed by atoms with van der Waals surface area (Å²) < 4.78 is 1.37. The Morgan fingerprint density at radius 3 is 2.69 bits per heavy atom. The number of piperidine rings is 2. The molecule has 7 nitrogen and oxygen atoms in total. The van der Waals surface area contributed by atoms with Gasteiger partial charge in [-0.1, -0.05) is 41.7 Å². The number of rotatable bonds is 4. The minimum Gasteiger partial charge on any atom is -0.346 e. The van der Waals surface area contributed by atoms with Crippen molar-refractivity contribution in [1.82, 2.24) is 19.5 Å². The van der Waals surface area contributed by atoms with Crippen LogP contribution < -0.4 is 10.5 Å². The van der Waals surface area contributed by atoms with E-state index in [9.17, 15) is 9.59 Å². The number of carbonyl (C=O) groups excluding carboxylic acids is 1. The van der Waals surface area contributed by atoms with Crippen molar-refractivity contribution in [3.63, 3.8) is 0 Å². The predicted octanol–water partition coefficient (Wildman–Crippen LogP) is 3.16. The number of anilines is 1. The van der Waals surface area contributed by atoms with Gasteiger partial charge in [-0.25, -0.2) is 4.98 Å². The average Bonchev–Trinajstić information content (AvgIpc) is 3.24. The lowest BCUT2D eigenvalue weighted by molar-refractivity contribution is -0.137. The van der Waals surface area contributed by atoms with Crippen LogP contribution in [0.25, 0.3) is 4.96 Å². The van der Waals surface area contributed by atoms with Crippen molar-refractivity contribution in [2.45, 2.75) is 39.0 Å². The first-order chi connectivity index (χ1) is 15.6. The molecule has 2 aromatic heterocycles. The fourth-order valence-corrected chi connectivity index (χ4v) is 5.94. The first kappa shape index (κ1) is 21.1. The van der Waals surface area contributed by atoms with Crippen molar-refractivity contribution < 1.29 is 4.79 Å². The summed E-state index contributed by atoms with van der Waals surface area (Å²) in [5.41, 5.74) is 1.94. The molecule has 0 spiro atoms. The van der Waals surface area contributed by atoms with Gasteiger partial charge in [0.2, 0.25) is 16.0 Å². The highest BCUT2D eigenvalue weighted by Crippen LogP contribution is 2.29. The summed E-state index contributed by atoms with van der Waals surface area (Å²) in [5.74, 6) is 0.925. The van der Waals surface area contributed by atoms with Crippen LogP contribution >= 0.6 is 11.3 Å². The molecule has 8 heteroatoms. The van der Waals surface area contributed by atoms with Gasteiger partial charge in [0, 0.05) is 37.9 Å². The molecule has 3 aromatic rings. The summed E-state index contributed by atoms with van der Waals surface area (Å²) in [5, 5.41) is 5.27. The fraction of sp³-hybridized carbons (Fsp3) is 0.500. The molecule has 5 rings (SSSR count). The van der Waals surface area contributed by atoms with Gasteiger partial charge in [0.05, 0.1) is 5.92 Å². The molecule has 4 heterocycles. The summed E-state index contributed by atoms with van der Waals surface area (Å²) in [6, 6.07) is 12.1. The molecule has 1 amide bonds. The highest BCUT2D eigenvalue weighted by molar-refractivity contribution is 7.20. The van der Waals surface area contributed by atoms with Gasteiger partial charge < -0.3 is 9.80 Å². The van der Waals surface area contributed by atoms with Crippen molar-refractivity contribution >= 4 is 27.3 Å². The standard InChI is InChI=1S/C24H29N5O2S/c1-17-14-21(30)29-23(25-17)32-24(26-29)28-11-5-8-20(16-28)22(31)27-12-9-19(10-13-27)15-18-6-3-2-4-7-18/h2-4,6-7,14,19-20H,5,8-13,15-16H2,1H3. The van der Waals surface area contributed by atoms with E-state index in [0.717, 1.165) is 56.9 Å². The maximum absolute atomic E-state index is 13.3. The highest BCUT2D eigenvalue weighted by atomic mass is 32.1. The summed E-state index contributed by atoms with van der Waals surface area (Å²) in [6.07, 6.45) is 5.12. The molecule has 1 atom stereocenters. The van der Waals surface area contributed by atoms with Crippen LogP contribution in [0.3, 0.4) is 0 Å². The van der Waals surface area contributed by atoms with Gasteiger partial charge in [0.25, 0.3) is 5.56 Å². The Kier molecular flexibility index (Phi) is 5.95. The average molecular weight is 452 g/mol. The Morgan fingerprint density at radius 1 is 1.12 bits per heavy atom. The zero-order valence-corrected chi connectivity index (χ0v) is 19.3. The second-order valence-electron chi connectivity index (χ2n) is 9.06. The van der Waals surface area contributed by atoms with Crippen molar-refractivity contribution in [3.8, 4) is 0 Å². The molecule has 0 N–H and O–H groups in total. The predicted molar refractivity (Wildman–Crippen MR) is 126 cm³/mol. The van der Waals surface area contributed by atoms with Crippen LogP contribution in [0.4, 0.5) is 5.13 Å². The van der Waals surface area contributed by atoms with E-state index in [1.807, 2.05) is 6.92 Å². The van der Waals surface area contributed by atoms with Crippen LogP contribution in [0.15, 0.2) is 41.2 Å². The van der Waals surface area contributed by atoms with Gasteiger partial charge in [0.1, 0.15) is 0 Å². The van der Waals surface area contributed by atoms with Crippen molar-refractivity contribution in [1.29, 1.82) is 0 Å². The second kappa shape index (κ2) is 9.02. The fourth-order valence-electron chi connectivity index (χ4n) is 4.95. The van der Waals surface area contributed by atoms with Gasteiger partial charge in [-0.3, -0.25) is 9.59 Å². The molecule has 1 aromatic carbocycles. The maximum Gasteiger partial charge on any atom is 0.275 e. The third-order valence-electron chi connectivity index (χ3n) is 6.70. The molecule has 2 saturated heterocycles. The monoisotopic (exact) mass is 451 g/mol. The van der Waals surface area contributed by atoms with Gasteiger partial charge in [-0.05, 0) is 50.5 Å². The Balaban J connectivity index is 1.21. The molecule has 1 unspecified atom stereocenters. The molecule has 168 valence electrons. The number of carbonyl (C=O) groups is 1. The first-order valence-corrected chi connectivity index (χ1v) is 12.3. The Labute approximate surface area is 191 Å². The SMILES string of the molecule is Cc1cc(=O)n2nc(N3CCCC(C(=O)N4CCC(Cc5ccccc5)CC4)C3)sc2n1. The van der Waals surface area contributed by atoms with E-state index in [1.165, 1.54) is 27.5 Å². The maximum atomic E-state index is 13.3. The number of amides is 1. The number of aryl methyl sites for hydroxylation is 1. The molecule has 0 radical (unpaired) electrons. The summed E-state index contributed by atoms with van der Waals surface area (Å²) in [7, 11) is 0. The van der Waals surface area contributed by atoms with Crippen LogP contribution in [0, 0.1) is 18.8 Å². The number of aromatic nitrogens is 3. The van der Waals surface area contributed by atoms with E-state index in [4.69, 9.17) is 0 Å². The normalized spacial score (nSPS) is 20.1. The van der Waals surface area contributed by atoms with Gasteiger partial charge >= 0.3 is 0 Å². The van der Waals surface area contributed by atoms with E-state index >= 15 is 0 Å². The lowest BCUT2D eigenvalue weighted by Crippen LogP contribution is -2.47. The second-order valence-corrected chi connectivity index (χ2v) is 9.99. The van der Waals surface area contributed by atoms with Gasteiger partial charge in [0.15, 0.2) is 0 Å². The molecular formula is C24H29N5O2S. The van der Waals surface area contributed by atoms with Crippen molar-refractivity contribution in [2.75, 3.05) is 31.1 Å². The Hall–Kier alpha value is -2.74. The lowest BCUT2D eigenvalue weighted by Gasteiger charge is -2.37. The smallest absolute Gasteiger partial charge is 0.275 e. The third kappa shape index (κ3) is 4.41. The molecule has 0 bridgehead atoms. The van der Waals surface area contributed by atoms with Crippen molar-refractivity contribution in [2.24, 2.45) is 11.8 Å². The first-order valence-electron chi connectivity index (χ1n) is 11.5. The molecular weight excluding hydrogens is 422 g/mol. The zero-order valence-electron chi connectivity index (χ0n) is 18.4. The van der Waals surface area contributed by atoms with Gasteiger partial charge in [-0.2, -0.15) is 4.52 Å². The molecule has 32 heavy (non-hydrogen) atoms. The lowest BCUT2D eigenvalue weighted by atomic mass is 9.89. The number of nitrogens with zero attached hydrogens (tertiary/aromatic N) is 5. The Morgan fingerprint density at radius 2 is 1.91 bits per heavy atom. The number of fused-ring (bicyclic) bond motifs is 1. The van der Waals surface area contributed by atoms with E-state index in [1.54, 1.807) is 0 Å². The quantitative estimate of drug-likeness (QED) is 0.609. The van der Waals surface area contributed by atoms with Crippen LogP contribution in [-0.4, -0.2) is 51.6 Å². The van der Waals surface area contributed by atoms with E-state index in [2.05, 4.69) is 50.2 Å². The topological polar surface area (TPSA) is 70.8 Å². The van der Waals surface area contributed by atoms with E-state index in [0.29, 0.717) is 23.1 Å². The van der Waals surface area contributed by atoms with Crippen LogP contribution in [0.5, 0.6) is 0 Å². The van der Waals surface area contributed by atoms with E-state index < -0.39 is 0 Å².